The maximum Gasteiger partial charge on any atom is 0.340 e. The lowest BCUT2D eigenvalue weighted by atomic mass is 10.1. The van der Waals surface area contributed by atoms with Crippen molar-refractivity contribution in [2.24, 2.45) is 0 Å². The van der Waals surface area contributed by atoms with E-state index in [1.54, 1.807) is 24.9 Å². The van der Waals surface area contributed by atoms with E-state index >= 15 is 0 Å². The Bertz CT molecular complexity index is 534. The van der Waals surface area contributed by atoms with E-state index in [1.165, 1.54) is 6.07 Å². The number of likely N-dealkylation sites (N-methyl/N-ethyl adjacent to an activating group) is 2. The summed E-state index contributed by atoms with van der Waals surface area (Å²) in [5, 5.41) is 2.85. The molecule has 0 fully saturated rings. The number of carbonyl (C=O) groups excluding carboxylic acids is 2. The zero-order valence-corrected chi connectivity index (χ0v) is 13.2. The predicted octanol–water partition coefficient (Wildman–Crippen LogP) is 1.67. The first-order valence-electron chi connectivity index (χ1n) is 6.66. The lowest BCUT2D eigenvalue weighted by Crippen LogP contribution is -2.36. The molecule has 3 N–H and O–H groups in total. The van der Waals surface area contributed by atoms with E-state index < -0.39 is 5.97 Å². The monoisotopic (exact) mass is 313 g/mol. The number of hydrogen-bond donors (Lipinski definition) is 2. The first-order chi connectivity index (χ1) is 9.94. The van der Waals surface area contributed by atoms with Crippen LogP contribution >= 0.6 is 11.6 Å². The number of nitrogens with zero attached hydrogens (tertiary/aromatic N) is 1. The fourth-order valence-electron chi connectivity index (χ4n) is 1.91. The largest absolute Gasteiger partial charge is 0.462 e. The van der Waals surface area contributed by atoms with E-state index in [0.717, 1.165) is 0 Å². The highest BCUT2D eigenvalue weighted by Gasteiger charge is 2.22. The molecule has 0 bridgehead atoms. The molecule has 0 saturated heterocycles. The summed E-state index contributed by atoms with van der Waals surface area (Å²) in [6.45, 7) is 4.41. The molecule has 0 aliphatic heterocycles. The molecule has 1 aromatic rings. The van der Waals surface area contributed by atoms with Crippen molar-refractivity contribution >= 4 is 34.9 Å². The van der Waals surface area contributed by atoms with E-state index in [-0.39, 0.29) is 24.6 Å². The van der Waals surface area contributed by atoms with Crippen molar-refractivity contribution in [2.75, 3.05) is 37.4 Å². The van der Waals surface area contributed by atoms with Gasteiger partial charge in [0.2, 0.25) is 5.91 Å². The molecule has 0 aliphatic carbocycles. The van der Waals surface area contributed by atoms with E-state index in [1.807, 2.05) is 6.92 Å². The molecule has 0 heterocycles. The Morgan fingerprint density at radius 1 is 1.38 bits per heavy atom. The van der Waals surface area contributed by atoms with Crippen LogP contribution in [0.4, 0.5) is 11.4 Å². The van der Waals surface area contributed by atoms with Crippen LogP contribution < -0.4 is 16.0 Å². The third-order valence-electron chi connectivity index (χ3n) is 2.89. The summed E-state index contributed by atoms with van der Waals surface area (Å²) in [4.78, 5) is 25.4. The first kappa shape index (κ1) is 17.1. The van der Waals surface area contributed by atoms with Gasteiger partial charge in [0, 0.05) is 19.3 Å². The first-order valence-corrected chi connectivity index (χ1v) is 7.04. The Labute approximate surface area is 129 Å². The van der Waals surface area contributed by atoms with Gasteiger partial charge in [-0.3, -0.25) is 4.79 Å². The minimum atomic E-state index is -0.517. The van der Waals surface area contributed by atoms with Gasteiger partial charge in [-0.1, -0.05) is 11.6 Å². The highest BCUT2D eigenvalue weighted by Crippen LogP contribution is 2.33. The standard InChI is InChI=1S/C14H20ClN3O3/c1-4-18(8-12(19)17-3)13-10(14(20)21-5-2)6-9(16)7-11(13)15/h6-7H,4-5,8,16H2,1-3H3,(H,17,19). The van der Waals surface area contributed by atoms with Crippen LogP contribution in [0, 0.1) is 0 Å². The van der Waals surface area contributed by atoms with Crippen LogP contribution in [0.1, 0.15) is 24.2 Å². The summed E-state index contributed by atoms with van der Waals surface area (Å²) >= 11 is 6.22. The van der Waals surface area contributed by atoms with Crippen LogP contribution in [-0.2, 0) is 9.53 Å². The van der Waals surface area contributed by atoms with Crippen molar-refractivity contribution < 1.29 is 14.3 Å². The van der Waals surface area contributed by atoms with E-state index in [0.29, 0.717) is 22.9 Å². The Morgan fingerprint density at radius 2 is 2.05 bits per heavy atom. The quantitative estimate of drug-likeness (QED) is 0.616. The number of ether oxygens (including phenoxy) is 1. The second-order valence-electron chi connectivity index (χ2n) is 4.31. The fourth-order valence-corrected chi connectivity index (χ4v) is 2.25. The van der Waals surface area contributed by atoms with Gasteiger partial charge in [-0.15, -0.1) is 0 Å². The van der Waals surface area contributed by atoms with Gasteiger partial charge in [0.1, 0.15) is 0 Å². The van der Waals surface area contributed by atoms with Crippen LogP contribution in [0.2, 0.25) is 5.02 Å². The summed E-state index contributed by atoms with van der Waals surface area (Å²) < 4.78 is 5.02. The number of benzene rings is 1. The van der Waals surface area contributed by atoms with Gasteiger partial charge >= 0.3 is 5.97 Å². The summed E-state index contributed by atoms with van der Waals surface area (Å²) in [6.07, 6.45) is 0. The highest BCUT2D eigenvalue weighted by molar-refractivity contribution is 6.34. The van der Waals surface area contributed by atoms with Crippen LogP contribution in [0.15, 0.2) is 12.1 Å². The van der Waals surface area contributed by atoms with Gasteiger partial charge in [0.25, 0.3) is 0 Å². The van der Waals surface area contributed by atoms with Crippen molar-refractivity contribution in [1.29, 1.82) is 0 Å². The maximum atomic E-state index is 12.1. The number of anilines is 2. The molecule has 0 unspecified atom stereocenters. The number of nitrogens with one attached hydrogen (secondary N) is 1. The van der Waals surface area contributed by atoms with Crippen molar-refractivity contribution in [3.05, 3.63) is 22.7 Å². The Hall–Kier alpha value is -1.95. The molecule has 1 aromatic carbocycles. The van der Waals surface area contributed by atoms with E-state index in [9.17, 15) is 9.59 Å². The Kier molecular flexibility index (Phi) is 6.30. The lowest BCUT2D eigenvalue weighted by Gasteiger charge is -2.25. The fraction of sp³-hybridized carbons (Fsp3) is 0.429. The summed E-state index contributed by atoms with van der Waals surface area (Å²) in [7, 11) is 1.55. The molecule has 0 saturated carbocycles. The second kappa shape index (κ2) is 7.73. The molecule has 116 valence electrons. The molecular formula is C14H20ClN3O3. The molecule has 0 aliphatic rings. The smallest absolute Gasteiger partial charge is 0.340 e. The van der Waals surface area contributed by atoms with Crippen molar-refractivity contribution in [3.8, 4) is 0 Å². The van der Waals surface area contributed by atoms with Crippen molar-refractivity contribution in [3.63, 3.8) is 0 Å². The summed E-state index contributed by atoms with van der Waals surface area (Å²) in [6, 6.07) is 3.05. The van der Waals surface area contributed by atoms with Gasteiger partial charge in [0.15, 0.2) is 0 Å². The van der Waals surface area contributed by atoms with Gasteiger partial charge < -0.3 is 20.7 Å². The SMILES string of the molecule is CCOC(=O)c1cc(N)cc(Cl)c1N(CC)CC(=O)NC. The molecule has 1 rings (SSSR count). The highest BCUT2D eigenvalue weighted by atomic mass is 35.5. The lowest BCUT2D eigenvalue weighted by molar-refractivity contribution is -0.119. The van der Waals surface area contributed by atoms with E-state index in [2.05, 4.69) is 5.32 Å². The average Bonchev–Trinajstić information content (AvgIpc) is 2.44. The molecule has 1 amide bonds. The zero-order chi connectivity index (χ0) is 16.0. The molecular weight excluding hydrogens is 294 g/mol. The summed E-state index contributed by atoms with van der Waals surface area (Å²) in [5.41, 5.74) is 6.82. The van der Waals surface area contributed by atoms with Crippen LogP contribution in [0.3, 0.4) is 0 Å². The number of esters is 1. The third-order valence-corrected chi connectivity index (χ3v) is 3.18. The molecule has 0 spiro atoms. The normalized spacial score (nSPS) is 10.1. The van der Waals surface area contributed by atoms with Gasteiger partial charge in [-0.25, -0.2) is 4.79 Å². The minimum Gasteiger partial charge on any atom is -0.462 e. The number of hydrogen-bond acceptors (Lipinski definition) is 5. The molecule has 0 aromatic heterocycles. The average molecular weight is 314 g/mol. The zero-order valence-electron chi connectivity index (χ0n) is 12.4. The maximum absolute atomic E-state index is 12.1. The second-order valence-corrected chi connectivity index (χ2v) is 4.71. The number of carbonyl (C=O) groups is 2. The third kappa shape index (κ3) is 4.26. The Morgan fingerprint density at radius 3 is 2.57 bits per heavy atom. The molecule has 0 radical (unpaired) electrons. The van der Waals surface area contributed by atoms with Gasteiger partial charge in [-0.05, 0) is 26.0 Å². The van der Waals surface area contributed by atoms with Crippen molar-refractivity contribution in [2.45, 2.75) is 13.8 Å². The van der Waals surface area contributed by atoms with E-state index in [4.69, 9.17) is 22.1 Å². The molecule has 7 heteroatoms. The number of rotatable bonds is 6. The molecule has 21 heavy (non-hydrogen) atoms. The summed E-state index contributed by atoms with van der Waals surface area (Å²) in [5.74, 6) is -0.698. The van der Waals surface area contributed by atoms with Crippen LogP contribution in [0.25, 0.3) is 0 Å². The topological polar surface area (TPSA) is 84.7 Å². The van der Waals surface area contributed by atoms with Crippen molar-refractivity contribution in [1.82, 2.24) is 5.32 Å². The Balaban J connectivity index is 3.30. The molecule has 0 atom stereocenters. The van der Waals surface area contributed by atoms with Crippen LogP contribution in [-0.4, -0.2) is 38.6 Å². The number of halogens is 1. The predicted molar refractivity (Wildman–Crippen MR) is 83.8 cm³/mol. The number of nitrogen functional groups attached to an aromatic ring is 1. The van der Waals surface area contributed by atoms with Crippen LogP contribution in [0.5, 0.6) is 0 Å². The van der Waals surface area contributed by atoms with Gasteiger partial charge in [-0.2, -0.15) is 0 Å². The van der Waals surface area contributed by atoms with Gasteiger partial charge in [0.05, 0.1) is 29.4 Å². The number of nitrogens with two attached hydrogens (primary N) is 1. The minimum absolute atomic E-state index is 0.0864. The molecule has 6 nitrogen and oxygen atoms in total. The number of amides is 1.